The molecule has 1 saturated carbocycles. The summed E-state index contributed by atoms with van der Waals surface area (Å²) in [5.41, 5.74) is 4.25. The van der Waals surface area contributed by atoms with E-state index in [-0.39, 0.29) is 12.1 Å². The Bertz CT molecular complexity index is 398. The molecule has 0 aromatic heterocycles. The van der Waals surface area contributed by atoms with Crippen molar-refractivity contribution >= 4 is 0 Å². The van der Waals surface area contributed by atoms with E-state index in [0.29, 0.717) is 5.92 Å². The van der Waals surface area contributed by atoms with E-state index in [1.807, 2.05) is 6.07 Å². The Morgan fingerprint density at radius 1 is 1.10 bits per heavy atom. The van der Waals surface area contributed by atoms with Crippen molar-refractivity contribution in [2.75, 3.05) is 0 Å². The first kappa shape index (κ1) is 15.3. The summed E-state index contributed by atoms with van der Waals surface area (Å²) in [6.07, 6.45) is 8.04. The molecule has 3 heteroatoms. The van der Waals surface area contributed by atoms with Crippen molar-refractivity contribution in [3.8, 4) is 5.75 Å². The Morgan fingerprint density at radius 3 is 2.35 bits per heavy atom. The van der Waals surface area contributed by atoms with Crippen LogP contribution in [0.1, 0.15) is 64.0 Å². The number of hydrazine groups is 1. The van der Waals surface area contributed by atoms with E-state index in [4.69, 9.17) is 10.6 Å². The molecule has 1 aromatic rings. The molecule has 20 heavy (non-hydrogen) atoms. The van der Waals surface area contributed by atoms with Gasteiger partial charge in [0.1, 0.15) is 5.75 Å². The number of ether oxygens (including phenoxy) is 1. The maximum absolute atomic E-state index is 5.95. The van der Waals surface area contributed by atoms with E-state index in [0.717, 1.165) is 5.75 Å². The third-order valence-corrected chi connectivity index (χ3v) is 4.17. The predicted molar refractivity (Wildman–Crippen MR) is 83.5 cm³/mol. The summed E-state index contributed by atoms with van der Waals surface area (Å²) in [6, 6.07) is 8.50. The zero-order valence-electron chi connectivity index (χ0n) is 12.8. The Hall–Kier alpha value is -1.06. The molecule has 0 spiro atoms. The lowest BCUT2D eigenvalue weighted by Gasteiger charge is -2.28. The normalized spacial score (nSPS) is 18.8. The van der Waals surface area contributed by atoms with Crippen LogP contribution in [0, 0.1) is 5.92 Å². The third kappa shape index (κ3) is 3.97. The van der Waals surface area contributed by atoms with Crippen molar-refractivity contribution < 1.29 is 4.74 Å². The molecule has 3 nitrogen and oxygen atoms in total. The van der Waals surface area contributed by atoms with Crippen molar-refractivity contribution in [3.63, 3.8) is 0 Å². The molecular formula is C17H28N2O. The average Bonchev–Trinajstić information content (AvgIpc) is 2.70. The van der Waals surface area contributed by atoms with Crippen LogP contribution in [0.15, 0.2) is 24.3 Å². The summed E-state index contributed by atoms with van der Waals surface area (Å²) in [5.74, 6) is 7.46. The first-order chi connectivity index (χ1) is 9.72. The van der Waals surface area contributed by atoms with Gasteiger partial charge in [0.2, 0.25) is 0 Å². The topological polar surface area (TPSA) is 47.3 Å². The lowest BCUT2D eigenvalue weighted by molar-refractivity contribution is 0.231. The largest absolute Gasteiger partial charge is 0.491 e. The smallest absolute Gasteiger partial charge is 0.124 e. The number of nitrogens with one attached hydrogen (secondary N) is 1. The standard InChI is InChI=1S/C17H28N2O/c1-13(2)20-16-12-8-7-11-15(16)17(19-18)14-9-5-3-4-6-10-14/h7-8,11-14,17,19H,3-6,9-10,18H2,1-2H3. The molecule has 1 aliphatic carbocycles. The Balaban J connectivity index is 2.21. The van der Waals surface area contributed by atoms with Crippen LogP contribution in [0.5, 0.6) is 5.75 Å². The summed E-state index contributed by atoms with van der Waals surface area (Å²) < 4.78 is 5.95. The number of hydrogen-bond acceptors (Lipinski definition) is 3. The lowest BCUT2D eigenvalue weighted by Crippen LogP contribution is -2.34. The third-order valence-electron chi connectivity index (χ3n) is 4.17. The maximum Gasteiger partial charge on any atom is 0.124 e. The second-order valence-corrected chi connectivity index (χ2v) is 6.10. The van der Waals surface area contributed by atoms with Gasteiger partial charge >= 0.3 is 0 Å². The summed E-state index contributed by atoms with van der Waals surface area (Å²) >= 11 is 0. The first-order valence-electron chi connectivity index (χ1n) is 7.94. The van der Waals surface area contributed by atoms with E-state index in [1.165, 1.54) is 44.1 Å². The highest BCUT2D eigenvalue weighted by molar-refractivity contribution is 5.36. The second-order valence-electron chi connectivity index (χ2n) is 6.10. The molecule has 1 aromatic carbocycles. The van der Waals surface area contributed by atoms with E-state index >= 15 is 0 Å². The van der Waals surface area contributed by atoms with Gasteiger partial charge in [-0.3, -0.25) is 11.3 Å². The van der Waals surface area contributed by atoms with Gasteiger partial charge in [0.05, 0.1) is 12.1 Å². The van der Waals surface area contributed by atoms with Crippen LogP contribution in [0.4, 0.5) is 0 Å². The van der Waals surface area contributed by atoms with Gasteiger partial charge in [-0.05, 0) is 38.7 Å². The zero-order chi connectivity index (χ0) is 14.4. The Morgan fingerprint density at radius 2 is 1.75 bits per heavy atom. The SMILES string of the molecule is CC(C)Oc1ccccc1C(NN)C1CCCCCC1. The molecule has 1 atom stereocenters. The number of para-hydroxylation sites is 1. The van der Waals surface area contributed by atoms with Gasteiger partial charge in [-0.25, -0.2) is 0 Å². The molecule has 0 bridgehead atoms. The fraction of sp³-hybridized carbons (Fsp3) is 0.647. The van der Waals surface area contributed by atoms with E-state index in [1.54, 1.807) is 0 Å². The molecule has 1 fully saturated rings. The molecule has 112 valence electrons. The first-order valence-corrected chi connectivity index (χ1v) is 7.94. The molecule has 1 aliphatic rings. The molecule has 3 N–H and O–H groups in total. The summed E-state index contributed by atoms with van der Waals surface area (Å²) in [5, 5.41) is 0. The summed E-state index contributed by atoms with van der Waals surface area (Å²) in [6.45, 7) is 4.13. The molecule has 0 heterocycles. The quantitative estimate of drug-likeness (QED) is 0.486. The van der Waals surface area contributed by atoms with Crippen LogP contribution >= 0.6 is 0 Å². The van der Waals surface area contributed by atoms with Crippen molar-refractivity contribution in [1.82, 2.24) is 5.43 Å². The Labute approximate surface area is 122 Å². The highest BCUT2D eigenvalue weighted by Crippen LogP contribution is 2.37. The summed E-state index contributed by atoms with van der Waals surface area (Å²) in [4.78, 5) is 0. The minimum Gasteiger partial charge on any atom is -0.491 e. The monoisotopic (exact) mass is 276 g/mol. The van der Waals surface area contributed by atoms with Crippen LogP contribution in [-0.4, -0.2) is 6.10 Å². The van der Waals surface area contributed by atoms with E-state index in [9.17, 15) is 0 Å². The van der Waals surface area contributed by atoms with Crippen LogP contribution in [0.2, 0.25) is 0 Å². The van der Waals surface area contributed by atoms with E-state index < -0.39 is 0 Å². The minimum atomic E-state index is 0.184. The number of hydrogen-bond donors (Lipinski definition) is 2. The number of benzene rings is 1. The molecule has 0 amide bonds. The molecular weight excluding hydrogens is 248 g/mol. The lowest BCUT2D eigenvalue weighted by atomic mass is 9.87. The van der Waals surface area contributed by atoms with Gasteiger partial charge < -0.3 is 4.74 Å². The molecule has 0 radical (unpaired) electrons. The van der Waals surface area contributed by atoms with Gasteiger partial charge in [0.25, 0.3) is 0 Å². The van der Waals surface area contributed by atoms with Gasteiger partial charge in [0, 0.05) is 5.56 Å². The Kier molecular flexibility index (Phi) is 5.86. The minimum absolute atomic E-state index is 0.184. The molecule has 0 saturated heterocycles. The van der Waals surface area contributed by atoms with E-state index in [2.05, 4.69) is 37.5 Å². The van der Waals surface area contributed by atoms with Gasteiger partial charge in [0.15, 0.2) is 0 Å². The van der Waals surface area contributed by atoms with Crippen molar-refractivity contribution in [3.05, 3.63) is 29.8 Å². The van der Waals surface area contributed by atoms with Crippen LogP contribution in [0.3, 0.4) is 0 Å². The fourth-order valence-electron chi connectivity index (χ4n) is 3.22. The molecule has 0 aliphatic heterocycles. The molecule has 1 unspecified atom stereocenters. The highest BCUT2D eigenvalue weighted by Gasteiger charge is 2.25. The van der Waals surface area contributed by atoms with Crippen molar-refractivity contribution in [2.45, 2.75) is 64.5 Å². The number of nitrogens with two attached hydrogens (primary N) is 1. The molecule has 2 rings (SSSR count). The summed E-state index contributed by atoms with van der Waals surface area (Å²) in [7, 11) is 0. The van der Waals surface area contributed by atoms with Crippen LogP contribution in [0.25, 0.3) is 0 Å². The van der Waals surface area contributed by atoms with Crippen LogP contribution < -0.4 is 16.0 Å². The average molecular weight is 276 g/mol. The van der Waals surface area contributed by atoms with Gasteiger partial charge in [-0.15, -0.1) is 0 Å². The highest BCUT2D eigenvalue weighted by atomic mass is 16.5. The van der Waals surface area contributed by atoms with Crippen molar-refractivity contribution in [2.24, 2.45) is 11.8 Å². The second kappa shape index (κ2) is 7.65. The predicted octanol–water partition coefficient (Wildman–Crippen LogP) is 3.95. The van der Waals surface area contributed by atoms with Crippen molar-refractivity contribution in [1.29, 1.82) is 0 Å². The van der Waals surface area contributed by atoms with Crippen LogP contribution in [-0.2, 0) is 0 Å². The maximum atomic E-state index is 5.95. The number of rotatable bonds is 5. The zero-order valence-corrected chi connectivity index (χ0v) is 12.8. The van der Waals surface area contributed by atoms with Gasteiger partial charge in [-0.1, -0.05) is 43.9 Å². The van der Waals surface area contributed by atoms with Gasteiger partial charge in [-0.2, -0.15) is 0 Å². The fourth-order valence-corrected chi connectivity index (χ4v) is 3.22.